The summed E-state index contributed by atoms with van der Waals surface area (Å²) in [5.41, 5.74) is 6.34. The molecule has 1 aromatic heterocycles. The first-order chi connectivity index (χ1) is 11.0. The van der Waals surface area contributed by atoms with E-state index in [1.165, 1.54) is 25.3 Å². The Morgan fingerprint density at radius 2 is 1.96 bits per heavy atom. The van der Waals surface area contributed by atoms with Crippen molar-refractivity contribution in [3.8, 4) is 11.3 Å². The molecule has 1 heterocycles. The highest BCUT2D eigenvalue weighted by atomic mass is 19.1. The predicted octanol–water partition coefficient (Wildman–Crippen LogP) is 0.999. The molecule has 0 bridgehead atoms. The number of hydrazine groups is 1. The van der Waals surface area contributed by atoms with E-state index in [2.05, 4.69) is 25.8 Å². The first kappa shape index (κ1) is 16.5. The van der Waals surface area contributed by atoms with Crippen molar-refractivity contribution in [2.24, 2.45) is 0 Å². The number of rotatable bonds is 4. The number of hydrogen-bond donors (Lipinski definition) is 2. The number of halogens is 1. The second-order valence-corrected chi connectivity index (χ2v) is 4.70. The lowest BCUT2D eigenvalue weighted by Gasteiger charge is -2.07. The number of nitrogens with zero attached hydrogens (tertiary/aromatic N) is 2. The minimum atomic E-state index is -0.607. The van der Waals surface area contributed by atoms with Crippen LogP contribution >= 0.6 is 0 Å². The summed E-state index contributed by atoms with van der Waals surface area (Å²) in [5, 5.41) is 7.76. The van der Waals surface area contributed by atoms with Gasteiger partial charge in [0.15, 0.2) is 5.69 Å². The maximum Gasteiger partial charge on any atom is 0.290 e. The summed E-state index contributed by atoms with van der Waals surface area (Å²) in [6, 6.07) is 7.38. The maximum atomic E-state index is 13.1. The molecule has 0 saturated heterocycles. The molecule has 1 aromatic carbocycles. The number of nitrogens with one attached hydrogen (secondary N) is 2. The van der Waals surface area contributed by atoms with Crippen LogP contribution in [0.3, 0.4) is 0 Å². The van der Waals surface area contributed by atoms with Crippen molar-refractivity contribution in [2.45, 2.75) is 6.92 Å². The van der Waals surface area contributed by atoms with Crippen molar-refractivity contribution < 1.29 is 18.7 Å². The van der Waals surface area contributed by atoms with E-state index < -0.39 is 11.8 Å². The molecular formula is C15H15FN4O3. The maximum absolute atomic E-state index is 13.1. The molecule has 2 aromatic rings. The third-order valence-corrected chi connectivity index (χ3v) is 2.95. The molecule has 23 heavy (non-hydrogen) atoms. The second-order valence-electron chi connectivity index (χ2n) is 4.70. The number of ether oxygens (including phenoxy) is 1. The Balaban J connectivity index is 2.07. The average molecular weight is 318 g/mol. The second kappa shape index (κ2) is 7.41. The van der Waals surface area contributed by atoms with E-state index in [9.17, 15) is 14.0 Å². The van der Waals surface area contributed by atoms with Gasteiger partial charge in [-0.05, 0) is 42.8 Å². The first-order valence-electron chi connectivity index (χ1n) is 6.69. The number of hydrogen-bond acceptors (Lipinski definition) is 5. The van der Waals surface area contributed by atoms with E-state index in [1.54, 1.807) is 19.1 Å². The number of carbonyl (C=O) groups excluding carboxylic acids is 2. The van der Waals surface area contributed by atoms with E-state index in [4.69, 9.17) is 0 Å². The summed E-state index contributed by atoms with van der Waals surface area (Å²) in [5.74, 6) is -1.43. The molecule has 0 unspecified atom stereocenters. The van der Waals surface area contributed by atoms with Gasteiger partial charge in [-0.3, -0.25) is 20.4 Å². The summed E-state index contributed by atoms with van der Waals surface area (Å²) < 4.78 is 17.7. The van der Waals surface area contributed by atoms with Crippen molar-refractivity contribution in [1.82, 2.24) is 21.0 Å². The van der Waals surface area contributed by atoms with Crippen molar-refractivity contribution in [3.63, 3.8) is 0 Å². The zero-order valence-electron chi connectivity index (χ0n) is 12.6. The van der Waals surface area contributed by atoms with Crippen molar-refractivity contribution in [3.05, 3.63) is 47.4 Å². The predicted molar refractivity (Wildman–Crippen MR) is 79.6 cm³/mol. The van der Waals surface area contributed by atoms with Crippen LogP contribution in [0.5, 0.6) is 0 Å². The number of carbonyl (C=O) groups is 2. The Morgan fingerprint density at radius 3 is 2.57 bits per heavy atom. The van der Waals surface area contributed by atoms with Crippen LogP contribution in [0.15, 0.2) is 30.3 Å². The summed E-state index contributed by atoms with van der Waals surface area (Å²) in [4.78, 5) is 23.0. The summed E-state index contributed by atoms with van der Waals surface area (Å²) in [7, 11) is 1.36. The smallest absolute Gasteiger partial charge is 0.290 e. The van der Waals surface area contributed by atoms with E-state index >= 15 is 0 Å². The van der Waals surface area contributed by atoms with E-state index in [0.717, 1.165) is 5.56 Å². The van der Waals surface area contributed by atoms with Gasteiger partial charge in [-0.2, -0.15) is 0 Å². The Bertz CT molecular complexity index is 719. The largest absolute Gasteiger partial charge is 0.375 e. The van der Waals surface area contributed by atoms with Gasteiger partial charge in [0.2, 0.25) is 0 Å². The fourth-order valence-electron chi connectivity index (χ4n) is 1.87. The average Bonchev–Trinajstić information content (AvgIpc) is 2.53. The topological polar surface area (TPSA) is 93.2 Å². The summed E-state index contributed by atoms with van der Waals surface area (Å²) in [6.45, 7) is 1.58. The van der Waals surface area contributed by atoms with Crippen LogP contribution in [0.1, 0.15) is 16.1 Å². The Morgan fingerprint density at radius 1 is 1.17 bits per heavy atom. The fraction of sp³-hybridized carbons (Fsp3) is 0.200. The lowest BCUT2D eigenvalue weighted by atomic mass is 10.1. The molecule has 0 atom stereocenters. The molecule has 2 N–H and O–H groups in total. The number of aryl methyl sites for hydroxylation is 1. The van der Waals surface area contributed by atoms with Gasteiger partial charge in [0.05, 0.1) is 5.69 Å². The van der Waals surface area contributed by atoms with Gasteiger partial charge in [0.25, 0.3) is 11.8 Å². The van der Waals surface area contributed by atoms with E-state index in [1.807, 2.05) is 0 Å². The molecule has 2 amide bonds. The fourth-order valence-corrected chi connectivity index (χ4v) is 1.87. The molecular weight excluding hydrogens is 303 g/mol. The molecule has 2 rings (SSSR count). The Kier molecular flexibility index (Phi) is 5.32. The van der Waals surface area contributed by atoms with E-state index in [0.29, 0.717) is 11.3 Å². The molecule has 8 heteroatoms. The molecule has 0 saturated carbocycles. The van der Waals surface area contributed by atoms with Crippen molar-refractivity contribution >= 4 is 11.8 Å². The highest BCUT2D eigenvalue weighted by molar-refractivity contribution is 5.93. The number of methoxy groups -OCH3 is 1. The van der Waals surface area contributed by atoms with Gasteiger partial charge in [-0.15, -0.1) is 10.2 Å². The molecule has 0 fully saturated rings. The molecule has 0 aliphatic heterocycles. The van der Waals surface area contributed by atoms with Crippen molar-refractivity contribution in [2.75, 3.05) is 13.7 Å². The van der Waals surface area contributed by atoms with Crippen LogP contribution in [0.25, 0.3) is 11.3 Å². The Hall–Kier alpha value is -2.87. The molecule has 0 aliphatic carbocycles. The van der Waals surface area contributed by atoms with Crippen LogP contribution in [0.2, 0.25) is 0 Å². The SMILES string of the molecule is COCC(=O)NNC(=O)c1ccc(-c2ccc(F)cc2C)nn1. The third kappa shape index (κ3) is 4.30. The number of benzene rings is 1. The van der Waals surface area contributed by atoms with Gasteiger partial charge >= 0.3 is 0 Å². The number of amides is 2. The minimum Gasteiger partial charge on any atom is -0.375 e. The molecule has 0 aliphatic rings. The van der Waals surface area contributed by atoms with Crippen LogP contribution in [-0.2, 0) is 9.53 Å². The van der Waals surface area contributed by atoms with Gasteiger partial charge < -0.3 is 4.74 Å². The van der Waals surface area contributed by atoms with Crippen LogP contribution in [-0.4, -0.2) is 35.7 Å². The van der Waals surface area contributed by atoms with Gasteiger partial charge in [-0.1, -0.05) is 0 Å². The van der Waals surface area contributed by atoms with Crippen LogP contribution in [0, 0.1) is 12.7 Å². The standard InChI is InChI=1S/C15H15FN4O3/c1-9-7-10(16)3-4-11(9)12-5-6-13(18-17-12)15(22)20-19-14(21)8-23-2/h3-7H,8H2,1-2H3,(H,19,21)(H,20,22). The normalized spacial score (nSPS) is 10.2. The van der Waals surface area contributed by atoms with E-state index in [-0.39, 0.29) is 18.1 Å². The highest BCUT2D eigenvalue weighted by Crippen LogP contribution is 2.21. The molecule has 7 nitrogen and oxygen atoms in total. The quantitative estimate of drug-likeness (QED) is 0.820. The van der Waals surface area contributed by atoms with Gasteiger partial charge in [-0.25, -0.2) is 4.39 Å². The minimum absolute atomic E-state index is 0.0335. The monoisotopic (exact) mass is 318 g/mol. The van der Waals surface area contributed by atoms with Crippen LogP contribution < -0.4 is 10.9 Å². The lowest BCUT2D eigenvalue weighted by molar-refractivity contribution is -0.125. The first-order valence-corrected chi connectivity index (χ1v) is 6.69. The molecule has 0 spiro atoms. The summed E-state index contributed by atoms with van der Waals surface area (Å²) >= 11 is 0. The van der Waals surface area contributed by atoms with Gasteiger partial charge in [0.1, 0.15) is 12.4 Å². The molecule has 120 valence electrons. The molecule has 0 radical (unpaired) electrons. The van der Waals surface area contributed by atoms with Crippen molar-refractivity contribution in [1.29, 1.82) is 0 Å². The zero-order chi connectivity index (χ0) is 16.8. The number of aromatic nitrogens is 2. The van der Waals surface area contributed by atoms with Crippen LogP contribution in [0.4, 0.5) is 4.39 Å². The Labute approximate surface area is 131 Å². The summed E-state index contributed by atoms with van der Waals surface area (Å²) in [6.07, 6.45) is 0. The zero-order valence-corrected chi connectivity index (χ0v) is 12.6. The third-order valence-electron chi connectivity index (χ3n) is 2.95. The highest BCUT2D eigenvalue weighted by Gasteiger charge is 2.11. The van der Waals surface area contributed by atoms with Gasteiger partial charge in [0, 0.05) is 12.7 Å². The lowest BCUT2D eigenvalue weighted by Crippen LogP contribution is -2.43.